The minimum absolute atomic E-state index is 0.0534. The van der Waals surface area contributed by atoms with Gasteiger partial charge in [0.15, 0.2) is 0 Å². The van der Waals surface area contributed by atoms with Crippen LogP contribution in [0.4, 0.5) is 13.2 Å². The topological polar surface area (TPSA) is 50.8 Å². The molecule has 0 amide bonds. The van der Waals surface area contributed by atoms with Crippen molar-refractivity contribution in [3.63, 3.8) is 0 Å². The molecule has 0 atom stereocenters. The van der Waals surface area contributed by atoms with Gasteiger partial charge in [0.05, 0.1) is 11.3 Å². The van der Waals surface area contributed by atoms with Crippen LogP contribution >= 0.6 is 0 Å². The Hall–Kier alpha value is -2.49. The number of nitrogens with zero attached hydrogens (tertiary/aromatic N) is 3. The smallest absolute Gasteiger partial charge is 0.404 e. The minimum Gasteiger partial charge on any atom is -0.404 e. The third-order valence-corrected chi connectivity index (χ3v) is 2.78. The van der Waals surface area contributed by atoms with Crippen molar-refractivity contribution in [1.29, 1.82) is 5.26 Å². The van der Waals surface area contributed by atoms with E-state index in [0.717, 1.165) is 0 Å². The SMILES string of the molecule is CC(C)n1nccc1-c1ccc(C#N)c(OC(F)(F)F)c1. The maximum atomic E-state index is 12.4. The number of nitriles is 1. The first-order valence-corrected chi connectivity index (χ1v) is 6.15. The van der Waals surface area contributed by atoms with Gasteiger partial charge in [0.1, 0.15) is 11.8 Å². The number of ether oxygens (including phenoxy) is 1. The van der Waals surface area contributed by atoms with E-state index < -0.39 is 12.1 Å². The summed E-state index contributed by atoms with van der Waals surface area (Å²) in [6.07, 6.45) is -3.28. The van der Waals surface area contributed by atoms with Gasteiger partial charge in [-0.15, -0.1) is 13.2 Å². The summed E-state index contributed by atoms with van der Waals surface area (Å²) in [6.45, 7) is 3.82. The molecule has 2 aromatic rings. The third kappa shape index (κ3) is 3.34. The standard InChI is InChI=1S/C14H12F3N3O/c1-9(2)20-12(5-6-19-20)10-3-4-11(8-18)13(7-10)21-14(15,16)17/h3-7,9H,1-2H3. The van der Waals surface area contributed by atoms with Crippen molar-refractivity contribution in [1.82, 2.24) is 9.78 Å². The van der Waals surface area contributed by atoms with Gasteiger partial charge in [-0.3, -0.25) is 4.68 Å². The highest BCUT2D eigenvalue weighted by Gasteiger charge is 2.32. The predicted molar refractivity (Wildman–Crippen MR) is 69.4 cm³/mol. The number of hydrogen-bond acceptors (Lipinski definition) is 3. The van der Waals surface area contributed by atoms with Crippen LogP contribution in [0.3, 0.4) is 0 Å². The third-order valence-electron chi connectivity index (χ3n) is 2.78. The van der Waals surface area contributed by atoms with Gasteiger partial charge < -0.3 is 4.74 Å². The van der Waals surface area contributed by atoms with E-state index in [0.29, 0.717) is 11.3 Å². The van der Waals surface area contributed by atoms with Gasteiger partial charge in [0, 0.05) is 17.8 Å². The fourth-order valence-electron chi connectivity index (χ4n) is 1.94. The molecule has 0 radical (unpaired) electrons. The highest BCUT2D eigenvalue weighted by atomic mass is 19.4. The van der Waals surface area contributed by atoms with Gasteiger partial charge in [0.25, 0.3) is 0 Å². The maximum Gasteiger partial charge on any atom is 0.573 e. The lowest BCUT2D eigenvalue weighted by molar-refractivity contribution is -0.274. The monoisotopic (exact) mass is 295 g/mol. The Bertz CT molecular complexity index is 684. The highest BCUT2D eigenvalue weighted by molar-refractivity contribution is 5.64. The van der Waals surface area contributed by atoms with Crippen molar-refractivity contribution in [2.45, 2.75) is 26.3 Å². The van der Waals surface area contributed by atoms with E-state index in [9.17, 15) is 13.2 Å². The van der Waals surface area contributed by atoms with Gasteiger partial charge in [-0.05, 0) is 32.0 Å². The van der Waals surface area contributed by atoms with E-state index in [4.69, 9.17) is 5.26 Å². The second-order valence-electron chi connectivity index (χ2n) is 4.63. The summed E-state index contributed by atoms with van der Waals surface area (Å²) < 4.78 is 42.8. The van der Waals surface area contributed by atoms with E-state index >= 15 is 0 Å². The van der Waals surface area contributed by atoms with Crippen LogP contribution in [0.5, 0.6) is 5.75 Å². The van der Waals surface area contributed by atoms with Crippen molar-refractivity contribution in [3.8, 4) is 23.1 Å². The Morgan fingerprint density at radius 2 is 2.00 bits per heavy atom. The van der Waals surface area contributed by atoms with Crippen LogP contribution in [-0.2, 0) is 0 Å². The number of hydrogen-bond donors (Lipinski definition) is 0. The van der Waals surface area contributed by atoms with Crippen molar-refractivity contribution in [2.24, 2.45) is 0 Å². The molecule has 0 spiro atoms. The van der Waals surface area contributed by atoms with E-state index in [-0.39, 0.29) is 11.6 Å². The molecule has 21 heavy (non-hydrogen) atoms. The summed E-state index contributed by atoms with van der Waals surface area (Å²) in [6, 6.07) is 7.49. The largest absolute Gasteiger partial charge is 0.573 e. The molecule has 0 unspecified atom stereocenters. The second-order valence-corrected chi connectivity index (χ2v) is 4.63. The number of halogens is 3. The van der Waals surface area contributed by atoms with Crippen LogP contribution in [0.15, 0.2) is 30.5 Å². The highest BCUT2D eigenvalue weighted by Crippen LogP contribution is 2.31. The zero-order chi connectivity index (χ0) is 15.6. The number of rotatable bonds is 3. The Kier molecular flexibility index (Phi) is 3.89. The Morgan fingerprint density at radius 1 is 1.29 bits per heavy atom. The number of benzene rings is 1. The van der Waals surface area contributed by atoms with Gasteiger partial charge in [-0.2, -0.15) is 10.4 Å². The molecule has 0 fully saturated rings. The summed E-state index contributed by atoms with van der Waals surface area (Å²) in [5.41, 5.74) is 0.979. The molecule has 4 nitrogen and oxygen atoms in total. The molecule has 7 heteroatoms. The molecule has 0 saturated heterocycles. The average molecular weight is 295 g/mol. The van der Waals surface area contributed by atoms with E-state index in [1.165, 1.54) is 12.1 Å². The lowest BCUT2D eigenvalue weighted by atomic mass is 10.1. The van der Waals surface area contributed by atoms with Crippen molar-refractivity contribution >= 4 is 0 Å². The average Bonchev–Trinajstić information content (AvgIpc) is 2.86. The van der Waals surface area contributed by atoms with Crippen LogP contribution in [0.2, 0.25) is 0 Å². The molecule has 0 saturated carbocycles. The Balaban J connectivity index is 2.49. The first-order chi connectivity index (χ1) is 9.81. The summed E-state index contributed by atoms with van der Waals surface area (Å²) >= 11 is 0. The number of alkyl halides is 3. The maximum absolute atomic E-state index is 12.4. The van der Waals surface area contributed by atoms with E-state index in [1.807, 2.05) is 13.8 Å². The summed E-state index contributed by atoms with van der Waals surface area (Å²) in [5, 5.41) is 13.0. The van der Waals surface area contributed by atoms with Gasteiger partial charge in [-0.25, -0.2) is 0 Å². The van der Waals surface area contributed by atoms with Crippen LogP contribution in [0, 0.1) is 11.3 Å². The molecule has 110 valence electrons. The summed E-state index contributed by atoms with van der Waals surface area (Å²) in [7, 11) is 0. The zero-order valence-electron chi connectivity index (χ0n) is 11.3. The first kappa shape index (κ1) is 14.9. The first-order valence-electron chi connectivity index (χ1n) is 6.15. The Labute approximate surface area is 119 Å². The molecule has 0 N–H and O–H groups in total. The quantitative estimate of drug-likeness (QED) is 0.862. The number of aromatic nitrogens is 2. The van der Waals surface area contributed by atoms with Gasteiger partial charge >= 0.3 is 6.36 Å². The molecule has 1 heterocycles. The fraction of sp³-hybridized carbons (Fsp3) is 0.286. The molecule has 2 rings (SSSR count). The lowest BCUT2D eigenvalue weighted by Gasteiger charge is -2.14. The molecule has 0 aliphatic rings. The molecule has 0 bridgehead atoms. The van der Waals surface area contributed by atoms with Crippen molar-refractivity contribution in [2.75, 3.05) is 0 Å². The second kappa shape index (κ2) is 5.48. The fourth-order valence-corrected chi connectivity index (χ4v) is 1.94. The van der Waals surface area contributed by atoms with Crippen LogP contribution < -0.4 is 4.74 Å². The Morgan fingerprint density at radius 3 is 2.57 bits per heavy atom. The lowest BCUT2D eigenvalue weighted by Crippen LogP contribution is -2.18. The molecule has 1 aromatic carbocycles. The molecular formula is C14H12F3N3O. The van der Waals surface area contributed by atoms with Gasteiger partial charge in [-0.1, -0.05) is 6.07 Å². The van der Waals surface area contributed by atoms with E-state index in [2.05, 4.69) is 9.84 Å². The minimum atomic E-state index is -4.84. The normalized spacial score (nSPS) is 11.5. The van der Waals surface area contributed by atoms with E-state index in [1.54, 1.807) is 29.1 Å². The van der Waals surface area contributed by atoms with Crippen molar-refractivity contribution in [3.05, 3.63) is 36.0 Å². The molecular weight excluding hydrogens is 283 g/mol. The van der Waals surface area contributed by atoms with Crippen LogP contribution in [0.25, 0.3) is 11.3 Å². The molecule has 0 aliphatic heterocycles. The predicted octanol–water partition coefficient (Wildman–Crippen LogP) is 3.90. The molecule has 1 aromatic heterocycles. The van der Waals surface area contributed by atoms with Crippen LogP contribution in [0.1, 0.15) is 25.5 Å². The van der Waals surface area contributed by atoms with Crippen molar-refractivity contribution < 1.29 is 17.9 Å². The van der Waals surface area contributed by atoms with Gasteiger partial charge in [0.2, 0.25) is 0 Å². The zero-order valence-corrected chi connectivity index (χ0v) is 11.3. The van der Waals surface area contributed by atoms with Crippen LogP contribution in [-0.4, -0.2) is 16.1 Å². The summed E-state index contributed by atoms with van der Waals surface area (Å²) in [4.78, 5) is 0. The summed E-state index contributed by atoms with van der Waals surface area (Å²) in [5.74, 6) is -0.515. The molecule has 0 aliphatic carbocycles.